The number of rotatable bonds is 0. The van der Waals surface area contributed by atoms with E-state index in [1.54, 1.807) is 12.1 Å². The van der Waals surface area contributed by atoms with E-state index in [9.17, 15) is 4.79 Å². The van der Waals surface area contributed by atoms with Crippen molar-refractivity contribution in [3.05, 3.63) is 27.7 Å². The quantitative estimate of drug-likeness (QED) is 0.685. The van der Waals surface area contributed by atoms with Crippen LogP contribution in [0.5, 0.6) is 5.75 Å². The smallest absolute Gasteiger partial charge is 0.172 e. The van der Waals surface area contributed by atoms with Crippen molar-refractivity contribution in [2.45, 2.75) is 6.92 Å². The van der Waals surface area contributed by atoms with Gasteiger partial charge in [-0.15, -0.1) is 0 Å². The van der Waals surface area contributed by atoms with E-state index in [2.05, 4.69) is 0 Å². The first-order chi connectivity index (χ1) is 6.59. The van der Waals surface area contributed by atoms with Crippen molar-refractivity contribution in [1.29, 1.82) is 0 Å². The zero-order valence-electron chi connectivity index (χ0n) is 7.51. The number of carbonyl (C=O) groups is 1. The number of ketones is 1. The lowest BCUT2D eigenvalue weighted by molar-refractivity contribution is 0.0849. The average molecular weight is 231 g/mol. The first kappa shape index (κ1) is 9.81. The molecule has 1 atom stereocenters. The van der Waals surface area contributed by atoms with Crippen molar-refractivity contribution in [2.75, 3.05) is 6.61 Å². The molecule has 1 heterocycles. The third kappa shape index (κ3) is 1.49. The summed E-state index contributed by atoms with van der Waals surface area (Å²) in [6, 6.07) is 3.17. The number of carbonyl (C=O) groups excluding carboxylic acids is 1. The van der Waals surface area contributed by atoms with Crippen LogP contribution in [0, 0.1) is 5.92 Å². The van der Waals surface area contributed by atoms with Crippen LogP contribution in [0.4, 0.5) is 0 Å². The largest absolute Gasteiger partial charge is 0.491 e. The second-order valence-corrected chi connectivity index (χ2v) is 4.18. The Labute approximate surface area is 91.8 Å². The molecule has 14 heavy (non-hydrogen) atoms. The first-order valence-electron chi connectivity index (χ1n) is 4.25. The fraction of sp³-hybridized carbons (Fsp3) is 0.300. The highest BCUT2D eigenvalue weighted by Crippen LogP contribution is 2.36. The Morgan fingerprint density at radius 2 is 2.14 bits per heavy atom. The molecule has 1 aromatic carbocycles. The van der Waals surface area contributed by atoms with Gasteiger partial charge in [0.1, 0.15) is 5.75 Å². The number of benzene rings is 1. The molecule has 0 saturated carbocycles. The molecule has 1 aromatic rings. The van der Waals surface area contributed by atoms with Gasteiger partial charge >= 0.3 is 0 Å². The van der Waals surface area contributed by atoms with Gasteiger partial charge in [0.25, 0.3) is 0 Å². The molecule has 2 rings (SSSR count). The second kappa shape index (κ2) is 3.44. The Hall–Kier alpha value is -0.730. The van der Waals surface area contributed by atoms with Crippen LogP contribution in [0.2, 0.25) is 10.0 Å². The maximum Gasteiger partial charge on any atom is 0.172 e. The van der Waals surface area contributed by atoms with Crippen LogP contribution in [0.1, 0.15) is 17.3 Å². The molecule has 0 amide bonds. The highest BCUT2D eigenvalue weighted by molar-refractivity contribution is 6.36. The number of ether oxygens (including phenoxy) is 1. The van der Waals surface area contributed by atoms with Gasteiger partial charge in [0.15, 0.2) is 5.78 Å². The van der Waals surface area contributed by atoms with E-state index in [4.69, 9.17) is 27.9 Å². The summed E-state index contributed by atoms with van der Waals surface area (Å²) in [5.41, 5.74) is 0.487. The summed E-state index contributed by atoms with van der Waals surface area (Å²) in [5, 5.41) is 0.854. The molecule has 0 bridgehead atoms. The molecule has 0 fully saturated rings. The molecular weight excluding hydrogens is 223 g/mol. The van der Waals surface area contributed by atoms with Gasteiger partial charge in [0, 0.05) is 5.02 Å². The minimum Gasteiger partial charge on any atom is -0.491 e. The number of fused-ring (bicyclic) bond motifs is 1. The third-order valence-electron chi connectivity index (χ3n) is 2.20. The summed E-state index contributed by atoms with van der Waals surface area (Å²) < 4.78 is 5.38. The maximum atomic E-state index is 11.7. The summed E-state index contributed by atoms with van der Waals surface area (Å²) in [7, 11) is 0. The molecule has 1 aliphatic rings. The lowest BCUT2D eigenvalue weighted by Gasteiger charge is -2.22. The lowest BCUT2D eigenvalue weighted by atomic mass is 9.97. The average Bonchev–Trinajstić information content (AvgIpc) is 2.12. The minimum absolute atomic E-state index is 0.0376. The van der Waals surface area contributed by atoms with Crippen molar-refractivity contribution >= 4 is 29.0 Å². The highest BCUT2D eigenvalue weighted by atomic mass is 35.5. The van der Waals surface area contributed by atoms with Gasteiger partial charge < -0.3 is 4.74 Å². The topological polar surface area (TPSA) is 26.3 Å². The predicted molar refractivity (Wildman–Crippen MR) is 55.5 cm³/mol. The van der Waals surface area contributed by atoms with Crippen LogP contribution in [-0.4, -0.2) is 12.4 Å². The highest BCUT2D eigenvalue weighted by Gasteiger charge is 2.27. The van der Waals surface area contributed by atoms with Crippen LogP contribution in [0.3, 0.4) is 0 Å². The van der Waals surface area contributed by atoms with E-state index in [-0.39, 0.29) is 11.7 Å². The Morgan fingerprint density at radius 3 is 2.86 bits per heavy atom. The molecule has 74 valence electrons. The molecule has 0 saturated heterocycles. The monoisotopic (exact) mass is 230 g/mol. The molecule has 0 aliphatic carbocycles. The number of halogens is 2. The van der Waals surface area contributed by atoms with E-state index in [0.29, 0.717) is 28.0 Å². The molecule has 1 aliphatic heterocycles. The van der Waals surface area contributed by atoms with Crippen LogP contribution < -0.4 is 4.74 Å². The van der Waals surface area contributed by atoms with Crippen LogP contribution in [0.25, 0.3) is 0 Å². The van der Waals surface area contributed by atoms with Gasteiger partial charge in [0.2, 0.25) is 0 Å². The van der Waals surface area contributed by atoms with Crippen molar-refractivity contribution in [1.82, 2.24) is 0 Å². The van der Waals surface area contributed by atoms with Crippen molar-refractivity contribution in [3.8, 4) is 5.75 Å². The molecule has 2 nitrogen and oxygen atoms in total. The van der Waals surface area contributed by atoms with Gasteiger partial charge in [0.05, 0.1) is 23.1 Å². The fourth-order valence-electron chi connectivity index (χ4n) is 1.44. The van der Waals surface area contributed by atoms with Crippen molar-refractivity contribution in [3.63, 3.8) is 0 Å². The molecule has 4 heteroatoms. The lowest BCUT2D eigenvalue weighted by Crippen LogP contribution is -2.25. The minimum atomic E-state index is -0.128. The van der Waals surface area contributed by atoms with Crippen LogP contribution >= 0.6 is 23.2 Å². The van der Waals surface area contributed by atoms with E-state index in [0.717, 1.165) is 0 Å². The predicted octanol–water partition coefficient (Wildman–Crippen LogP) is 3.20. The van der Waals surface area contributed by atoms with Crippen molar-refractivity contribution < 1.29 is 9.53 Å². The van der Waals surface area contributed by atoms with Gasteiger partial charge in [-0.25, -0.2) is 0 Å². The molecule has 1 unspecified atom stereocenters. The standard InChI is InChI=1S/C10H8Cl2O2/c1-5-4-14-10-7(9(5)13)2-6(11)3-8(10)12/h2-3,5H,4H2,1H3. The maximum absolute atomic E-state index is 11.7. The normalized spacial score (nSPS) is 20.2. The van der Waals surface area contributed by atoms with Crippen LogP contribution in [0.15, 0.2) is 12.1 Å². The van der Waals surface area contributed by atoms with Crippen LogP contribution in [-0.2, 0) is 0 Å². The summed E-state index contributed by atoms with van der Waals surface area (Å²) in [6.07, 6.45) is 0. The summed E-state index contributed by atoms with van der Waals surface area (Å²) in [5.74, 6) is 0.367. The van der Waals surface area contributed by atoms with E-state index in [1.807, 2.05) is 6.92 Å². The number of hydrogen-bond acceptors (Lipinski definition) is 2. The molecule has 0 radical (unpaired) electrons. The molecule has 0 aromatic heterocycles. The van der Waals surface area contributed by atoms with E-state index < -0.39 is 0 Å². The van der Waals surface area contributed by atoms with Gasteiger partial charge in [-0.2, -0.15) is 0 Å². The fourth-order valence-corrected chi connectivity index (χ4v) is 1.99. The van der Waals surface area contributed by atoms with Gasteiger partial charge in [-0.1, -0.05) is 30.1 Å². The van der Waals surface area contributed by atoms with E-state index >= 15 is 0 Å². The molecule has 0 N–H and O–H groups in total. The summed E-state index contributed by atoms with van der Waals surface area (Å²) >= 11 is 11.7. The second-order valence-electron chi connectivity index (χ2n) is 3.34. The molecular formula is C10H8Cl2O2. The first-order valence-corrected chi connectivity index (χ1v) is 5.01. The SMILES string of the molecule is CC1COc2c(Cl)cc(Cl)cc2C1=O. The zero-order chi connectivity index (χ0) is 10.3. The number of hydrogen-bond donors (Lipinski definition) is 0. The molecule has 0 spiro atoms. The van der Waals surface area contributed by atoms with E-state index in [1.165, 1.54) is 0 Å². The van der Waals surface area contributed by atoms with Gasteiger partial charge in [-0.3, -0.25) is 4.79 Å². The zero-order valence-corrected chi connectivity index (χ0v) is 9.02. The Bertz CT molecular complexity index is 401. The number of Topliss-reactive ketones (excluding diaryl/α,β-unsaturated/α-hetero) is 1. The van der Waals surface area contributed by atoms with Gasteiger partial charge in [-0.05, 0) is 12.1 Å². The summed E-state index contributed by atoms with van der Waals surface area (Å²) in [6.45, 7) is 2.20. The summed E-state index contributed by atoms with van der Waals surface area (Å²) in [4.78, 5) is 11.7. The Morgan fingerprint density at radius 1 is 1.43 bits per heavy atom. The Balaban J connectivity index is 2.60. The third-order valence-corrected chi connectivity index (χ3v) is 2.70. The van der Waals surface area contributed by atoms with Crippen molar-refractivity contribution in [2.24, 2.45) is 5.92 Å². The Kier molecular flexibility index (Phi) is 2.41.